The number of amides is 2. The SMILES string of the molecule is O=C(NCc1cccc2ccccc12)N1CCC(c2nnc(C(F)(F)F)o2)CC1. The van der Waals surface area contributed by atoms with Crippen LogP contribution in [0.3, 0.4) is 0 Å². The summed E-state index contributed by atoms with van der Waals surface area (Å²) in [5.74, 6) is -1.63. The number of nitrogens with zero attached hydrogens (tertiary/aromatic N) is 3. The number of benzene rings is 2. The highest BCUT2D eigenvalue weighted by Gasteiger charge is 2.39. The van der Waals surface area contributed by atoms with Gasteiger partial charge in [0, 0.05) is 25.6 Å². The van der Waals surface area contributed by atoms with Crippen molar-refractivity contribution in [2.75, 3.05) is 13.1 Å². The number of hydrogen-bond donors (Lipinski definition) is 1. The van der Waals surface area contributed by atoms with E-state index in [1.807, 2.05) is 42.5 Å². The molecular weight excluding hydrogens is 385 g/mol. The molecule has 2 aromatic carbocycles. The molecule has 9 heteroatoms. The fourth-order valence-electron chi connectivity index (χ4n) is 3.57. The van der Waals surface area contributed by atoms with Gasteiger partial charge in [-0.1, -0.05) is 42.5 Å². The van der Waals surface area contributed by atoms with Gasteiger partial charge in [0.25, 0.3) is 0 Å². The summed E-state index contributed by atoms with van der Waals surface area (Å²) in [5.41, 5.74) is 1.02. The summed E-state index contributed by atoms with van der Waals surface area (Å²) in [7, 11) is 0. The zero-order chi connectivity index (χ0) is 20.4. The summed E-state index contributed by atoms with van der Waals surface area (Å²) in [6.45, 7) is 1.23. The number of rotatable bonds is 3. The van der Waals surface area contributed by atoms with Gasteiger partial charge in [-0.05, 0) is 29.2 Å². The van der Waals surface area contributed by atoms with Gasteiger partial charge < -0.3 is 14.6 Å². The lowest BCUT2D eigenvalue weighted by Gasteiger charge is -2.30. The molecule has 0 spiro atoms. The Morgan fingerprint density at radius 2 is 1.83 bits per heavy atom. The number of alkyl halides is 3. The lowest BCUT2D eigenvalue weighted by molar-refractivity contribution is -0.157. The number of hydrogen-bond acceptors (Lipinski definition) is 4. The van der Waals surface area contributed by atoms with Crippen molar-refractivity contribution in [3.05, 3.63) is 59.8 Å². The average molecular weight is 404 g/mol. The lowest BCUT2D eigenvalue weighted by Crippen LogP contribution is -2.43. The highest BCUT2D eigenvalue weighted by Crippen LogP contribution is 2.32. The Balaban J connectivity index is 1.33. The Morgan fingerprint density at radius 1 is 1.10 bits per heavy atom. The molecule has 0 radical (unpaired) electrons. The van der Waals surface area contributed by atoms with Crippen molar-refractivity contribution in [3.8, 4) is 0 Å². The molecule has 0 aliphatic carbocycles. The molecule has 1 fully saturated rings. The van der Waals surface area contributed by atoms with Gasteiger partial charge in [-0.25, -0.2) is 4.79 Å². The number of halogens is 3. The first kappa shape index (κ1) is 19.2. The van der Waals surface area contributed by atoms with Crippen LogP contribution in [0.1, 0.15) is 36.1 Å². The van der Waals surface area contributed by atoms with Gasteiger partial charge in [-0.3, -0.25) is 0 Å². The minimum Gasteiger partial charge on any atom is -0.417 e. The van der Waals surface area contributed by atoms with Crippen LogP contribution in [-0.2, 0) is 12.7 Å². The fourth-order valence-corrected chi connectivity index (χ4v) is 3.57. The Kier molecular flexibility index (Phi) is 5.12. The number of nitrogens with one attached hydrogen (secondary N) is 1. The molecule has 2 amide bonds. The quantitative estimate of drug-likeness (QED) is 0.705. The Hall–Kier alpha value is -3.10. The van der Waals surface area contributed by atoms with Gasteiger partial charge in [0.15, 0.2) is 0 Å². The Morgan fingerprint density at radius 3 is 2.55 bits per heavy atom. The number of piperidine rings is 1. The standard InChI is InChI=1S/C20H19F3N4O2/c21-20(22,23)18-26-25-17(29-18)14-8-10-27(11-9-14)19(28)24-12-15-6-3-5-13-4-1-2-7-16(13)15/h1-7,14H,8-12H2,(H,24,28). The predicted molar refractivity (Wildman–Crippen MR) is 99.0 cm³/mol. The third-order valence-corrected chi connectivity index (χ3v) is 5.12. The molecule has 6 nitrogen and oxygen atoms in total. The maximum atomic E-state index is 12.6. The zero-order valence-electron chi connectivity index (χ0n) is 15.4. The number of carbonyl (C=O) groups excluding carboxylic acids is 1. The Labute approximate surface area is 164 Å². The number of aromatic nitrogens is 2. The van der Waals surface area contributed by atoms with Gasteiger partial charge >= 0.3 is 18.1 Å². The van der Waals surface area contributed by atoms with Crippen LogP contribution in [-0.4, -0.2) is 34.2 Å². The highest BCUT2D eigenvalue weighted by molar-refractivity contribution is 5.86. The van der Waals surface area contributed by atoms with Crippen LogP contribution in [0.25, 0.3) is 10.8 Å². The molecule has 3 aromatic rings. The number of fused-ring (bicyclic) bond motifs is 1. The van der Waals surface area contributed by atoms with Gasteiger partial charge in [0.2, 0.25) is 5.89 Å². The van der Waals surface area contributed by atoms with E-state index in [-0.39, 0.29) is 17.8 Å². The smallest absolute Gasteiger partial charge is 0.417 e. The van der Waals surface area contributed by atoms with Crippen molar-refractivity contribution in [2.24, 2.45) is 0 Å². The number of carbonyl (C=O) groups is 1. The first-order chi connectivity index (χ1) is 13.9. The predicted octanol–water partition coefficient (Wildman–Crippen LogP) is 4.33. The zero-order valence-corrected chi connectivity index (χ0v) is 15.4. The number of likely N-dealkylation sites (tertiary alicyclic amines) is 1. The van der Waals surface area contributed by atoms with E-state index in [9.17, 15) is 18.0 Å². The van der Waals surface area contributed by atoms with E-state index >= 15 is 0 Å². The molecule has 0 unspecified atom stereocenters. The van der Waals surface area contributed by atoms with Crippen LogP contribution in [0.2, 0.25) is 0 Å². The van der Waals surface area contributed by atoms with Crippen molar-refractivity contribution in [1.29, 1.82) is 0 Å². The van der Waals surface area contributed by atoms with E-state index in [2.05, 4.69) is 15.5 Å². The fraction of sp³-hybridized carbons (Fsp3) is 0.350. The van der Waals surface area contributed by atoms with Crippen LogP contribution in [0.5, 0.6) is 0 Å². The van der Waals surface area contributed by atoms with E-state index < -0.39 is 12.1 Å². The van der Waals surface area contributed by atoms with Gasteiger partial charge in [-0.2, -0.15) is 13.2 Å². The molecular formula is C20H19F3N4O2. The summed E-state index contributed by atoms with van der Waals surface area (Å²) in [6.07, 6.45) is -3.70. The molecule has 0 atom stereocenters. The van der Waals surface area contributed by atoms with E-state index in [1.165, 1.54) is 0 Å². The summed E-state index contributed by atoms with van der Waals surface area (Å²) >= 11 is 0. The van der Waals surface area contributed by atoms with Crippen molar-refractivity contribution >= 4 is 16.8 Å². The molecule has 0 bridgehead atoms. The largest absolute Gasteiger partial charge is 0.470 e. The first-order valence-corrected chi connectivity index (χ1v) is 9.32. The van der Waals surface area contributed by atoms with Crippen molar-refractivity contribution in [3.63, 3.8) is 0 Å². The molecule has 1 aromatic heterocycles. The molecule has 1 saturated heterocycles. The van der Waals surface area contributed by atoms with Crippen LogP contribution in [0.15, 0.2) is 46.9 Å². The van der Waals surface area contributed by atoms with Gasteiger partial charge in [-0.15, -0.1) is 10.2 Å². The molecule has 1 N–H and O–H groups in total. The second-order valence-corrected chi connectivity index (χ2v) is 7.00. The summed E-state index contributed by atoms with van der Waals surface area (Å²) in [4.78, 5) is 14.2. The third-order valence-electron chi connectivity index (χ3n) is 5.12. The van der Waals surface area contributed by atoms with Crippen molar-refractivity contribution in [2.45, 2.75) is 31.5 Å². The molecule has 29 heavy (non-hydrogen) atoms. The molecule has 1 aliphatic rings. The minimum atomic E-state index is -4.65. The third kappa shape index (κ3) is 4.18. The summed E-state index contributed by atoms with van der Waals surface area (Å²) in [6, 6.07) is 13.7. The van der Waals surface area contributed by atoms with Gasteiger partial charge in [0.05, 0.1) is 0 Å². The molecule has 1 aliphatic heterocycles. The molecule has 2 heterocycles. The second-order valence-electron chi connectivity index (χ2n) is 7.00. The molecule has 4 rings (SSSR count). The number of urea groups is 1. The first-order valence-electron chi connectivity index (χ1n) is 9.32. The maximum absolute atomic E-state index is 12.6. The van der Waals surface area contributed by atoms with Crippen molar-refractivity contribution < 1.29 is 22.4 Å². The van der Waals surface area contributed by atoms with E-state index in [1.54, 1.807) is 4.90 Å². The average Bonchev–Trinajstić information content (AvgIpc) is 3.23. The molecule has 152 valence electrons. The molecule has 0 saturated carbocycles. The van der Waals surface area contributed by atoms with Crippen LogP contribution < -0.4 is 5.32 Å². The van der Waals surface area contributed by atoms with Crippen molar-refractivity contribution in [1.82, 2.24) is 20.4 Å². The van der Waals surface area contributed by atoms with E-state index in [4.69, 9.17) is 4.42 Å². The van der Waals surface area contributed by atoms with E-state index in [0.717, 1.165) is 16.3 Å². The van der Waals surface area contributed by atoms with E-state index in [0.29, 0.717) is 32.5 Å². The second kappa shape index (κ2) is 7.73. The van der Waals surface area contributed by atoms with Crippen LogP contribution >= 0.6 is 0 Å². The maximum Gasteiger partial charge on any atom is 0.470 e. The normalized spacial score (nSPS) is 15.6. The van der Waals surface area contributed by atoms with Crippen LogP contribution in [0, 0.1) is 0 Å². The highest BCUT2D eigenvalue weighted by atomic mass is 19.4. The van der Waals surface area contributed by atoms with Crippen LogP contribution in [0.4, 0.5) is 18.0 Å². The summed E-state index contributed by atoms with van der Waals surface area (Å²) in [5, 5.41) is 11.7. The topological polar surface area (TPSA) is 71.3 Å². The minimum absolute atomic E-state index is 0.0202. The lowest BCUT2D eigenvalue weighted by atomic mass is 9.97. The summed E-state index contributed by atoms with van der Waals surface area (Å²) < 4.78 is 42.6. The van der Waals surface area contributed by atoms with Gasteiger partial charge in [0.1, 0.15) is 0 Å². The Bertz CT molecular complexity index is 1000. The monoisotopic (exact) mass is 404 g/mol.